The molecule has 4 nitrogen and oxygen atoms in total. The highest BCUT2D eigenvalue weighted by molar-refractivity contribution is 6.35. The van der Waals surface area contributed by atoms with E-state index in [4.69, 9.17) is 0 Å². The predicted molar refractivity (Wildman–Crippen MR) is 106 cm³/mol. The lowest BCUT2D eigenvalue weighted by Crippen LogP contribution is -2.49. The van der Waals surface area contributed by atoms with Gasteiger partial charge in [0.25, 0.3) is 0 Å². The Kier molecular flexibility index (Phi) is 7.11. The summed E-state index contributed by atoms with van der Waals surface area (Å²) in [6.07, 6.45) is 0.314. The second-order valence-corrected chi connectivity index (χ2v) is 7.08. The Bertz CT molecular complexity index is 780. The van der Waals surface area contributed by atoms with E-state index < -0.39 is 11.8 Å². The summed E-state index contributed by atoms with van der Waals surface area (Å²) in [6.45, 7) is 7.68. The van der Waals surface area contributed by atoms with Crippen molar-refractivity contribution in [3.8, 4) is 11.1 Å². The third kappa shape index (κ3) is 5.39. The van der Waals surface area contributed by atoms with Crippen LogP contribution in [0.4, 0.5) is 4.39 Å². The van der Waals surface area contributed by atoms with Crippen LogP contribution in [0.25, 0.3) is 11.1 Å². The Labute approximate surface area is 160 Å². The molecule has 5 heteroatoms. The van der Waals surface area contributed by atoms with Crippen LogP contribution in [-0.2, 0) is 16.0 Å². The smallest absolute Gasteiger partial charge is 0.312 e. The molecule has 0 aliphatic carbocycles. The van der Waals surface area contributed by atoms with E-state index in [1.807, 2.05) is 58.0 Å². The Hall–Kier alpha value is -2.69. The zero-order valence-electron chi connectivity index (χ0n) is 16.3. The maximum atomic E-state index is 14.1. The fourth-order valence-electron chi connectivity index (χ4n) is 3.15. The minimum atomic E-state index is -0.656. The average molecular weight is 370 g/mol. The number of carbonyl (C=O) groups is 2. The van der Waals surface area contributed by atoms with E-state index in [9.17, 15) is 14.0 Å². The highest BCUT2D eigenvalue weighted by Gasteiger charge is 2.26. The zero-order valence-corrected chi connectivity index (χ0v) is 16.3. The standard InChI is InChI=1S/C22H27FN2O2/c1-15(2)25(16(3)4)22(27)21(26)24-13-12-19-14-18(10-11-20(19)23)17-8-6-5-7-9-17/h5-11,14-16H,12-13H2,1-4H3,(H,24,26). The van der Waals surface area contributed by atoms with Crippen LogP contribution >= 0.6 is 0 Å². The SMILES string of the molecule is CC(C)N(C(=O)C(=O)NCCc1cc(-c2ccccc2)ccc1F)C(C)C. The molecule has 2 aromatic rings. The van der Waals surface area contributed by atoms with Gasteiger partial charge in [0.15, 0.2) is 0 Å². The molecule has 0 unspecified atom stereocenters. The van der Waals surface area contributed by atoms with Gasteiger partial charge in [-0.25, -0.2) is 4.39 Å². The molecule has 0 aliphatic heterocycles. The number of carbonyl (C=O) groups excluding carboxylic acids is 2. The van der Waals surface area contributed by atoms with Crippen molar-refractivity contribution < 1.29 is 14.0 Å². The Morgan fingerprint density at radius 1 is 0.963 bits per heavy atom. The van der Waals surface area contributed by atoms with Crippen LogP contribution in [0, 0.1) is 5.82 Å². The number of amides is 2. The number of hydrogen-bond donors (Lipinski definition) is 1. The molecule has 0 saturated heterocycles. The molecule has 0 saturated carbocycles. The highest BCUT2D eigenvalue weighted by Crippen LogP contribution is 2.22. The fourth-order valence-corrected chi connectivity index (χ4v) is 3.15. The number of halogens is 1. The van der Waals surface area contributed by atoms with Crippen LogP contribution in [-0.4, -0.2) is 35.3 Å². The van der Waals surface area contributed by atoms with Crippen molar-refractivity contribution in [1.82, 2.24) is 10.2 Å². The summed E-state index contributed by atoms with van der Waals surface area (Å²) in [5.41, 5.74) is 2.43. The van der Waals surface area contributed by atoms with E-state index in [0.717, 1.165) is 11.1 Å². The molecule has 2 aromatic carbocycles. The summed E-state index contributed by atoms with van der Waals surface area (Å²) in [6, 6.07) is 14.5. The molecule has 144 valence electrons. The number of nitrogens with one attached hydrogen (secondary N) is 1. The predicted octanol–water partition coefficient (Wildman–Crippen LogP) is 3.80. The van der Waals surface area contributed by atoms with Crippen LogP contribution in [0.15, 0.2) is 48.5 Å². The minimum Gasteiger partial charge on any atom is -0.347 e. The maximum absolute atomic E-state index is 14.1. The van der Waals surface area contributed by atoms with Crippen molar-refractivity contribution in [2.75, 3.05) is 6.54 Å². The molecule has 27 heavy (non-hydrogen) atoms. The molecular formula is C22H27FN2O2. The number of rotatable bonds is 6. The normalized spacial score (nSPS) is 10.9. The van der Waals surface area contributed by atoms with Crippen LogP contribution in [0.2, 0.25) is 0 Å². The van der Waals surface area contributed by atoms with Gasteiger partial charge in [0.1, 0.15) is 5.82 Å². The second-order valence-electron chi connectivity index (χ2n) is 7.08. The van der Waals surface area contributed by atoms with E-state index >= 15 is 0 Å². The minimum absolute atomic E-state index is 0.0664. The number of hydrogen-bond acceptors (Lipinski definition) is 2. The highest BCUT2D eigenvalue weighted by atomic mass is 19.1. The van der Waals surface area contributed by atoms with Crippen LogP contribution in [0.1, 0.15) is 33.3 Å². The van der Waals surface area contributed by atoms with Gasteiger partial charge in [-0.15, -0.1) is 0 Å². The van der Waals surface area contributed by atoms with Crippen LogP contribution in [0.3, 0.4) is 0 Å². The van der Waals surface area contributed by atoms with E-state index in [1.165, 1.54) is 11.0 Å². The first-order valence-electron chi connectivity index (χ1n) is 9.25. The van der Waals surface area contributed by atoms with Gasteiger partial charge in [-0.2, -0.15) is 0 Å². The lowest BCUT2D eigenvalue weighted by molar-refractivity contribution is -0.148. The molecule has 0 aromatic heterocycles. The molecule has 0 spiro atoms. The molecule has 0 radical (unpaired) electrons. The Morgan fingerprint density at radius 3 is 2.19 bits per heavy atom. The third-order valence-corrected chi connectivity index (χ3v) is 4.37. The topological polar surface area (TPSA) is 49.4 Å². The van der Waals surface area contributed by atoms with Crippen molar-refractivity contribution in [3.05, 3.63) is 59.9 Å². The number of nitrogens with zero attached hydrogens (tertiary/aromatic N) is 1. The molecule has 0 fully saturated rings. The van der Waals surface area contributed by atoms with Crippen molar-refractivity contribution in [3.63, 3.8) is 0 Å². The third-order valence-electron chi connectivity index (χ3n) is 4.37. The van der Waals surface area contributed by atoms with E-state index in [2.05, 4.69) is 5.32 Å². The first-order chi connectivity index (χ1) is 12.8. The Balaban J connectivity index is 2.01. The van der Waals surface area contributed by atoms with E-state index in [1.54, 1.807) is 12.1 Å². The van der Waals surface area contributed by atoms with Gasteiger partial charge in [-0.3, -0.25) is 9.59 Å². The molecule has 0 aliphatic rings. The van der Waals surface area contributed by atoms with Crippen molar-refractivity contribution >= 4 is 11.8 Å². The molecule has 0 bridgehead atoms. The summed E-state index contributed by atoms with van der Waals surface area (Å²) in [4.78, 5) is 26.0. The first kappa shape index (κ1) is 20.6. The van der Waals surface area contributed by atoms with Gasteiger partial charge in [-0.1, -0.05) is 36.4 Å². The van der Waals surface area contributed by atoms with Gasteiger partial charge in [0, 0.05) is 18.6 Å². The van der Waals surface area contributed by atoms with Crippen molar-refractivity contribution in [2.24, 2.45) is 0 Å². The quantitative estimate of drug-likeness (QED) is 0.787. The maximum Gasteiger partial charge on any atom is 0.312 e. The summed E-state index contributed by atoms with van der Waals surface area (Å²) in [5.74, 6) is -1.53. The summed E-state index contributed by atoms with van der Waals surface area (Å²) in [5, 5.41) is 2.61. The molecular weight excluding hydrogens is 343 g/mol. The molecule has 1 N–H and O–H groups in total. The van der Waals surface area contributed by atoms with E-state index in [-0.39, 0.29) is 24.4 Å². The van der Waals surface area contributed by atoms with Gasteiger partial charge in [-0.05, 0) is 62.9 Å². The summed E-state index contributed by atoms with van der Waals surface area (Å²) < 4.78 is 14.1. The van der Waals surface area contributed by atoms with Crippen molar-refractivity contribution in [1.29, 1.82) is 0 Å². The lowest BCUT2D eigenvalue weighted by atomic mass is 10.0. The van der Waals surface area contributed by atoms with Gasteiger partial charge in [0.05, 0.1) is 0 Å². The Morgan fingerprint density at radius 2 is 1.59 bits per heavy atom. The molecule has 0 heterocycles. The zero-order chi connectivity index (χ0) is 20.0. The first-order valence-corrected chi connectivity index (χ1v) is 9.25. The second kappa shape index (κ2) is 9.31. The largest absolute Gasteiger partial charge is 0.347 e. The molecule has 0 atom stereocenters. The molecule has 2 rings (SSSR count). The van der Waals surface area contributed by atoms with E-state index in [0.29, 0.717) is 12.0 Å². The average Bonchev–Trinajstić information content (AvgIpc) is 2.63. The van der Waals surface area contributed by atoms with Gasteiger partial charge < -0.3 is 10.2 Å². The van der Waals surface area contributed by atoms with Gasteiger partial charge in [0.2, 0.25) is 0 Å². The van der Waals surface area contributed by atoms with Crippen LogP contribution in [0.5, 0.6) is 0 Å². The fraction of sp³-hybridized carbons (Fsp3) is 0.364. The van der Waals surface area contributed by atoms with Crippen molar-refractivity contribution in [2.45, 2.75) is 46.2 Å². The molecule has 2 amide bonds. The summed E-state index contributed by atoms with van der Waals surface area (Å²) in [7, 11) is 0. The van der Waals surface area contributed by atoms with Gasteiger partial charge >= 0.3 is 11.8 Å². The monoisotopic (exact) mass is 370 g/mol. The number of benzene rings is 2. The lowest BCUT2D eigenvalue weighted by Gasteiger charge is -2.29. The van der Waals surface area contributed by atoms with Crippen LogP contribution < -0.4 is 5.32 Å². The summed E-state index contributed by atoms with van der Waals surface area (Å²) >= 11 is 0.